The molecule has 0 aliphatic heterocycles. The van der Waals surface area contributed by atoms with E-state index in [1.807, 2.05) is 71.2 Å². The second-order valence-corrected chi connectivity index (χ2v) is 45.9. The monoisotopic (exact) mass is 1140 g/mol. The third-order valence-electron chi connectivity index (χ3n) is 10.9. The van der Waals surface area contributed by atoms with Crippen LogP contribution in [0.25, 0.3) is 51.2 Å². The number of rotatable bonds is 25. The van der Waals surface area contributed by atoms with Crippen molar-refractivity contribution in [2.24, 2.45) is 0 Å². The summed E-state index contributed by atoms with van der Waals surface area (Å²) in [4.78, 5) is 9.82. The smallest absolute Gasteiger partial charge is 0.164 e. The average Bonchev–Trinajstić information content (AvgIpc) is 4.05. The number of hydrogen-bond donors (Lipinski definition) is 0. The number of ether oxygens (including phenoxy) is 6. The van der Waals surface area contributed by atoms with Crippen molar-refractivity contribution in [2.45, 2.75) is 137 Å². The second kappa shape index (κ2) is 26.8. The van der Waals surface area contributed by atoms with Gasteiger partial charge >= 0.3 is 0 Å². The first-order valence-electron chi connectivity index (χ1n) is 24.3. The van der Waals surface area contributed by atoms with Gasteiger partial charge in [-0.15, -0.1) is 6.58 Å². The molecular weight excluding hydrogens is 1060 g/mol. The maximum absolute atomic E-state index is 6.13. The van der Waals surface area contributed by atoms with E-state index >= 15 is 0 Å². The third-order valence-corrected chi connectivity index (χ3v) is 18.5. The van der Waals surface area contributed by atoms with Crippen molar-refractivity contribution >= 4 is 83.0 Å². The van der Waals surface area contributed by atoms with Gasteiger partial charge in [0, 0.05) is 88.8 Å². The van der Waals surface area contributed by atoms with Crippen LogP contribution < -0.4 is 9.47 Å². The number of methoxy groups -OCH3 is 2. The number of benzene rings is 2. The summed E-state index contributed by atoms with van der Waals surface area (Å²) in [6.45, 7) is 42.2. The van der Waals surface area contributed by atoms with Crippen molar-refractivity contribution in [1.29, 1.82) is 0 Å². The predicted octanol–water partition coefficient (Wildman–Crippen LogP) is 13.5. The molecule has 0 atom stereocenters. The van der Waals surface area contributed by atoms with Gasteiger partial charge in [-0.3, -0.25) is 9.13 Å². The number of imidazole rings is 2. The number of fused-ring (bicyclic) bond motifs is 2. The molecule has 0 aliphatic rings. The molecular formula is C51H83IN8O6Si4. The van der Waals surface area contributed by atoms with Gasteiger partial charge in [0.15, 0.2) is 11.6 Å². The molecule has 4 heterocycles. The summed E-state index contributed by atoms with van der Waals surface area (Å²) < 4.78 is 43.9. The molecule has 4 aromatic heterocycles. The van der Waals surface area contributed by atoms with Gasteiger partial charge in [0.1, 0.15) is 49.8 Å². The summed E-state index contributed by atoms with van der Waals surface area (Å²) in [5, 5.41) is 9.63. The van der Waals surface area contributed by atoms with E-state index < -0.39 is 32.3 Å². The molecule has 6 rings (SSSR count). The second-order valence-electron chi connectivity index (χ2n) is 22.3. The van der Waals surface area contributed by atoms with Crippen molar-refractivity contribution in [1.82, 2.24) is 38.7 Å². The van der Waals surface area contributed by atoms with Gasteiger partial charge in [0.2, 0.25) is 0 Å². The fourth-order valence-electron chi connectivity index (χ4n) is 6.66. The highest BCUT2D eigenvalue weighted by Crippen LogP contribution is 2.32. The number of halogens is 1. The molecule has 0 N–H and O–H groups in total. The molecule has 0 saturated carbocycles. The van der Waals surface area contributed by atoms with Gasteiger partial charge in [-0.05, 0) is 78.0 Å². The van der Waals surface area contributed by atoms with Gasteiger partial charge in [-0.1, -0.05) is 97.3 Å². The summed E-state index contributed by atoms with van der Waals surface area (Å²) in [5.74, 6) is 3.14. The van der Waals surface area contributed by atoms with Crippen molar-refractivity contribution in [2.75, 3.05) is 40.6 Å². The lowest BCUT2D eigenvalue weighted by atomic mass is 10.2. The molecule has 2 aromatic carbocycles. The van der Waals surface area contributed by atoms with E-state index in [0.717, 1.165) is 116 Å². The first-order valence-corrected chi connectivity index (χ1v) is 40.2. The molecule has 0 saturated heterocycles. The molecule has 6 aromatic rings. The minimum absolute atomic E-state index is 0.402. The first-order chi connectivity index (χ1) is 32.9. The topological polar surface area (TPSA) is 127 Å². The molecule has 0 spiro atoms. The molecule has 0 amide bonds. The molecule has 0 fully saturated rings. The highest BCUT2D eigenvalue weighted by Gasteiger charge is 2.23. The lowest BCUT2D eigenvalue weighted by molar-refractivity contribution is 0.0785. The number of aromatic nitrogens is 8. The van der Waals surface area contributed by atoms with Crippen LogP contribution in [-0.4, -0.2) is 112 Å². The Labute approximate surface area is 436 Å². The fourth-order valence-corrected chi connectivity index (χ4v) is 10.4. The highest BCUT2D eigenvalue weighted by atomic mass is 127. The summed E-state index contributed by atoms with van der Waals surface area (Å²) >= 11 is 2.32. The van der Waals surface area contributed by atoms with Gasteiger partial charge in [0.05, 0.1) is 39.9 Å². The summed E-state index contributed by atoms with van der Waals surface area (Å²) in [6.07, 6.45) is 7.55. The quantitative estimate of drug-likeness (QED) is 0.0237. The molecule has 0 radical (unpaired) electrons. The number of hydrogen-bond acceptors (Lipinski definition) is 10. The van der Waals surface area contributed by atoms with Crippen molar-refractivity contribution in [3.63, 3.8) is 0 Å². The average molecular weight is 1140 g/mol. The number of allylic oxidation sites excluding steroid dienone is 1. The lowest BCUT2D eigenvalue weighted by Gasteiger charge is -2.16. The largest absolute Gasteiger partial charge is 0.497 e. The molecule has 19 heteroatoms. The SMILES string of the molecule is C=CC.C=Cc1cn(COCC[Si](C)(C)C)nc1-c1nc2ccc(OC)cc2n1COCC[Si](C)(C)C.COc1ccc2nc(-c3nn(COCC[Si](C)(C)C)cc3I)n(COCC[Si](C)(C)C)c2c1. The van der Waals surface area contributed by atoms with E-state index in [2.05, 4.69) is 123 Å². The normalized spacial score (nSPS) is 12.2. The first kappa shape index (κ1) is 58.9. The molecule has 70 heavy (non-hydrogen) atoms. The van der Waals surface area contributed by atoms with Gasteiger partial charge < -0.3 is 28.4 Å². The maximum atomic E-state index is 6.13. The Morgan fingerprint density at radius 3 is 1.27 bits per heavy atom. The fraction of sp³-hybridized carbons (Fsp3) is 0.529. The zero-order valence-electron chi connectivity index (χ0n) is 45.1. The molecule has 0 bridgehead atoms. The minimum atomic E-state index is -1.17. The lowest BCUT2D eigenvalue weighted by Crippen LogP contribution is -2.22. The van der Waals surface area contributed by atoms with Crippen molar-refractivity contribution in [3.05, 3.63) is 77.2 Å². The zero-order valence-corrected chi connectivity index (χ0v) is 51.2. The Kier molecular flexibility index (Phi) is 22.6. The number of nitrogens with zero attached hydrogens (tertiary/aromatic N) is 8. The van der Waals surface area contributed by atoms with Crippen molar-refractivity contribution in [3.8, 4) is 34.5 Å². The molecule has 0 aliphatic carbocycles. The van der Waals surface area contributed by atoms with Crippen LogP contribution in [0.15, 0.2) is 68.0 Å². The van der Waals surface area contributed by atoms with Crippen LogP contribution in [0, 0.1) is 3.57 Å². The van der Waals surface area contributed by atoms with E-state index in [9.17, 15) is 0 Å². The van der Waals surface area contributed by atoms with Crippen LogP contribution in [0.2, 0.25) is 103 Å². The van der Waals surface area contributed by atoms with E-state index in [4.69, 9.17) is 48.6 Å². The van der Waals surface area contributed by atoms with Crippen LogP contribution >= 0.6 is 22.6 Å². The summed E-state index contributed by atoms with van der Waals surface area (Å²) in [5.41, 5.74) is 6.24. The Morgan fingerprint density at radius 2 is 0.900 bits per heavy atom. The van der Waals surface area contributed by atoms with E-state index in [-0.39, 0.29) is 0 Å². The third kappa shape index (κ3) is 19.1. The van der Waals surface area contributed by atoms with Crippen LogP contribution in [-0.2, 0) is 45.9 Å². The minimum Gasteiger partial charge on any atom is -0.497 e. The highest BCUT2D eigenvalue weighted by molar-refractivity contribution is 14.1. The van der Waals surface area contributed by atoms with Crippen LogP contribution in [0.1, 0.15) is 12.5 Å². The van der Waals surface area contributed by atoms with Gasteiger partial charge in [-0.2, -0.15) is 10.2 Å². The van der Waals surface area contributed by atoms with Gasteiger partial charge in [-0.25, -0.2) is 19.3 Å². The van der Waals surface area contributed by atoms with Crippen LogP contribution in [0.4, 0.5) is 0 Å². The van der Waals surface area contributed by atoms with E-state index in [1.54, 1.807) is 20.3 Å². The maximum Gasteiger partial charge on any atom is 0.164 e. The van der Waals surface area contributed by atoms with Gasteiger partial charge in [0.25, 0.3) is 0 Å². The van der Waals surface area contributed by atoms with Crippen LogP contribution in [0.3, 0.4) is 0 Å². The molecule has 0 unspecified atom stereocenters. The Bertz CT molecular complexity index is 2580. The van der Waals surface area contributed by atoms with Crippen molar-refractivity contribution < 1.29 is 28.4 Å². The molecule has 386 valence electrons. The summed E-state index contributed by atoms with van der Waals surface area (Å²) in [7, 11) is -1.21. The van der Waals surface area contributed by atoms with E-state index in [1.165, 1.54) is 0 Å². The zero-order chi connectivity index (χ0) is 51.9. The Morgan fingerprint density at radius 1 is 0.543 bits per heavy atom. The van der Waals surface area contributed by atoms with Crippen LogP contribution in [0.5, 0.6) is 11.5 Å². The van der Waals surface area contributed by atoms with E-state index in [0.29, 0.717) is 26.9 Å². The molecule has 14 nitrogen and oxygen atoms in total. The Balaban J connectivity index is 0.000000288. The summed E-state index contributed by atoms with van der Waals surface area (Å²) in [6, 6.07) is 16.3. The standard InChI is InChI=1S/C25H40N4O3Si2.C23H37IN4O3Si2.C3H6/c1-9-20-17-28(18-31-12-14-33(3,4)5)27-24(20)25-26-22-11-10-21(30-2)16-23(22)29(25)19-32-13-15-34(6,7)8;1-29-18-8-9-20-21(14-18)28(17-31-11-13-33(5,6)7)23(25-20)22-19(24)15-27(26-22)16-30-10-12-32(2,3)4;1-3-2/h9-11,16-17H,1,12-15,18-19H2,2-8H3;8-9,14-15H,10-13,16-17H2,1-7H3;3H,1H2,2H3. The Hall–Kier alpha value is -3.68. The predicted molar refractivity (Wildman–Crippen MR) is 310 cm³/mol.